The van der Waals surface area contributed by atoms with E-state index in [0.717, 1.165) is 4.68 Å². The fourth-order valence-corrected chi connectivity index (χ4v) is 1.61. The molecule has 0 spiro atoms. The fourth-order valence-electron chi connectivity index (χ4n) is 1.61. The maximum absolute atomic E-state index is 13.6. The predicted octanol–water partition coefficient (Wildman–Crippen LogP) is 1.77. The summed E-state index contributed by atoms with van der Waals surface area (Å²) in [5.74, 6) is -1.48. The van der Waals surface area contributed by atoms with Gasteiger partial charge in [0.1, 0.15) is 5.82 Å². The molecular formula is C13H12F2N4O. The molecule has 0 unspecified atom stereocenters. The van der Waals surface area contributed by atoms with Crippen LogP contribution in [0.1, 0.15) is 21.6 Å². The molecule has 0 fully saturated rings. The van der Waals surface area contributed by atoms with E-state index in [1.54, 1.807) is 6.92 Å². The van der Waals surface area contributed by atoms with E-state index in [0.29, 0.717) is 5.69 Å². The molecule has 7 heteroatoms. The van der Waals surface area contributed by atoms with E-state index < -0.39 is 17.7 Å². The normalized spacial score (nSPS) is 11.0. The maximum atomic E-state index is 13.6. The van der Waals surface area contributed by atoms with E-state index in [-0.39, 0.29) is 11.1 Å². The maximum Gasteiger partial charge on any atom is 0.271 e. The minimum Gasteiger partial charge on any atom is -0.267 e. The summed E-state index contributed by atoms with van der Waals surface area (Å²) < 4.78 is 27.4. The molecule has 0 aliphatic rings. The van der Waals surface area contributed by atoms with E-state index in [9.17, 15) is 13.6 Å². The van der Waals surface area contributed by atoms with Crippen molar-refractivity contribution in [2.75, 3.05) is 0 Å². The Bertz CT molecular complexity index is 662. The highest BCUT2D eigenvalue weighted by molar-refractivity contribution is 5.94. The van der Waals surface area contributed by atoms with Gasteiger partial charge in [-0.2, -0.15) is 14.6 Å². The second-order valence-corrected chi connectivity index (χ2v) is 4.12. The van der Waals surface area contributed by atoms with Crippen molar-refractivity contribution in [3.8, 4) is 0 Å². The Morgan fingerprint density at radius 2 is 2.00 bits per heavy atom. The van der Waals surface area contributed by atoms with Gasteiger partial charge in [0.05, 0.1) is 17.5 Å². The Morgan fingerprint density at radius 3 is 2.55 bits per heavy atom. The summed E-state index contributed by atoms with van der Waals surface area (Å²) in [7, 11) is 1.47. The molecule has 2 aromatic rings. The van der Waals surface area contributed by atoms with Gasteiger partial charge in [-0.1, -0.05) is 0 Å². The van der Waals surface area contributed by atoms with Gasteiger partial charge in [-0.3, -0.25) is 4.79 Å². The molecule has 20 heavy (non-hydrogen) atoms. The Morgan fingerprint density at radius 1 is 1.35 bits per heavy atom. The number of amides is 1. The second-order valence-electron chi connectivity index (χ2n) is 4.12. The van der Waals surface area contributed by atoms with Gasteiger partial charge in [-0.15, -0.1) is 0 Å². The number of hydrazone groups is 1. The minimum atomic E-state index is -0.540. The van der Waals surface area contributed by atoms with Crippen molar-refractivity contribution in [1.29, 1.82) is 0 Å². The average molecular weight is 278 g/mol. The number of nitrogens with zero attached hydrogens (tertiary/aromatic N) is 3. The zero-order chi connectivity index (χ0) is 14.7. The number of halogens is 2. The van der Waals surface area contributed by atoms with Crippen LogP contribution >= 0.6 is 0 Å². The van der Waals surface area contributed by atoms with Gasteiger partial charge in [-0.25, -0.2) is 14.5 Å². The molecule has 1 N–H and O–H groups in total. The first-order chi connectivity index (χ1) is 9.49. The summed E-state index contributed by atoms with van der Waals surface area (Å²) in [6, 6.07) is 5.00. The molecule has 1 heterocycles. The molecule has 2 rings (SSSR count). The topological polar surface area (TPSA) is 59.3 Å². The third kappa shape index (κ3) is 2.87. The summed E-state index contributed by atoms with van der Waals surface area (Å²) in [5.41, 5.74) is 3.15. The summed E-state index contributed by atoms with van der Waals surface area (Å²) in [5, 5.41) is 7.54. The summed E-state index contributed by atoms with van der Waals surface area (Å²) >= 11 is 0. The lowest BCUT2D eigenvalue weighted by molar-refractivity contribution is 0.0955. The van der Waals surface area contributed by atoms with Crippen molar-refractivity contribution in [3.05, 3.63) is 52.9 Å². The van der Waals surface area contributed by atoms with Crippen LogP contribution in [0.3, 0.4) is 0 Å². The van der Waals surface area contributed by atoms with Gasteiger partial charge in [0.25, 0.3) is 5.91 Å². The Balaban J connectivity index is 2.06. The summed E-state index contributed by atoms with van der Waals surface area (Å²) in [6.45, 7) is 1.63. The van der Waals surface area contributed by atoms with Crippen LogP contribution in [0.25, 0.3) is 0 Å². The molecule has 1 aromatic carbocycles. The van der Waals surface area contributed by atoms with Crippen LogP contribution in [0, 0.1) is 18.7 Å². The van der Waals surface area contributed by atoms with Crippen molar-refractivity contribution in [2.24, 2.45) is 12.1 Å². The van der Waals surface area contributed by atoms with Gasteiger partial charge in [0, 0.05) is 12.6 Å². The molecule has 5 nitrogen and oxygen atoms in total. The van der Waals surface area contributed by atoms with Crippen molar-refractivity contribution < 1.29 is 13.6 Å². The number of carbonyl (C=O) groups is 1. The van der Waals surface area contributed by atoms with Crippen LogP contribution in [0.4, 0.5) is 8.78 Å². The van der Waals surface area contributed by atoms with Gasteiger partial charge in [0.15, 0.2) is 0 Å². The third-order valence-electron chi connectivity index (χ3n) is 2.66. The summed E-state index contributed by atoms with van der Waals surface area (Å²) in [4.78, 5) is 11.7. The van der Waals surface area contributed by atoms with Crippen molar-refractivity contribution in [1.82, 2.24) is 15.2 Å². The van der Waals surface area contributed by atoms with Gasteiger partial charge in [-0.05, 0) is 31.2 Å². The fraction of sp³-hybridized carbons (Fsp3) is 0.154. The quantitative estimate of drug-likeness (QED) is 0.687. The number of benzene rings is 1. The van der Waals surface area contributed by atoms with Gasteiger partial charge >= 0.3 is 0 Å². The zero-order valence-electron chi connectivity index (χ0n) is 10.9. The molecule has 0 aliphatic heterocycles. The SMILES string of the molecule is Cc1nn(C)c(F)c1C=NNC(=O)c1ccc(F)cc1. The largest absolute Gasteiger partial charge is 0.271 e. The molecular weight excluding hydrogens is 266 g/mol. The first-order valence-electron chi connectivity index (χ1n) is 5.77. The van der Waals surface area contributed by atoms with Crippen molar-refractivity contribution in [2.45, 2.75) is 6.92 Å². The van der Waals surface area contributed by atoms with Crippen LogP contribution in [0.2, 0.25) is 0 Å². The number of hydrogen-bond acceptors (Lipinski definition) is 3. The van der Waals surface area contributed by atoms with E-state index in [2.05, 4.69) is 15.6 Å². The number of nitrogens with one attached hydrogen (secondary N) is 1. The molecule has 0 radical (unpaired) electrons. The van der Waals surface area contributed by atoms with Gasteiger partial charge in [0.2, 0.25) is 5.95 Å². The van der Waals surface area contributed by atoms with E-state index in [1.807, 2.05) is 0 Å². The van der Waals surface area contributed by atoms with Crippen LogP contribution in [0.5, 0.6) is 0 Å². The van der Waals surface area contributed by atoms with Crippen LogP contribution in [-0.2, 0) is 7.05 Å². The van der Waals surface area contributed by atoms with Crippen molar-refractivity contribution in [3.63, 3.8) is 0 Å². The highest BCUT2D eigenvalue weighted by Crippen LogP contribution is 2.08. The summed E-state index contributed by atoms with van der Waals surface area (Å²) in [6.07, 6.45) is 1.18. The standard InChI is InChI=1S/C13H12F2N4O/c1-8-11(12(15)19(2)18-8)7-16-17-13(20)9-3-5-10(14)6-4-9/h3-7H,1-2H3,(H,17,20). The Kier molecular flexibility index (Phi) is 3.88. The molecule has 1 aromatic heterocycles. The molecule has 0 saturated heterocycles. The second kappa shape index (κ2) is 5.60. The first kappa shape index (κ1) is 13.9. The predicted molar refractivity (Wildman–Crippen MR) is 69.4 cm³/mol. The molecule has 0 saturated carbocycles. The number of rotatable bonds is 3. The lowest BCUT2D eigenvalue weighted by atomic mass is 10.2. The van der Waals surface area contributed by atoms with Crippen molar-refractivity contribution >= 4 is 12.1 Å². The molecule has 0 aliphatic carbocycles. The number of carbonyl (C=O) groups excluding carboxylic acids is 1. The van der Waals surface area contributed by atoms with E-state index in [1.165, 1.54) is 37.5 Å². The Labute approximate surface area is 113 Å². The molecule has 0 atom stereocenters. The lowest BCUT2D eigenvalue weighted by Crippen LogP contribution is -2.17. The average Bonchev–Trinajstić information content (AvgIpc) is 2.65. The van der Waals surface area contributed by atoms with E-state index in [4.69, 9.17) is 0 Å². The molecule has 1 amide bonds. The van der Waals surface area contributed by atoms with Crippen LogP contribution in [-0.4, -0.2) is 21.9 Å². The van der Waals surface area contributed by atoms with Crippen LogP contribution < -0.4 is 5.43 Å². The first-order valence-corrected chi connectivity index (χ1v) is 5.77. The zero-order valence-corrected chi connectivity index (χ0v) is 10.9. The van der Waals surface area contributed by atoms with E-state index >= 15 is 0 Å². The smallest absolute Gasteiger partial charge is 0.267 e. The number of aryl methyl sites for hydroxylation is 2. The number of hydrogen-bond donors (Lipinski definition) is 1. The van der Waals surface area contributed by atoms with Gasteiger partial charge < -0.3 is 0 Å². The Hall–Kier alpha value is -2.57. The molecule has 104 valence electrons. The highest BCUT2D eigenvalue weighted by Gasteiger charge is 2.10. The minimum absolute atomic E-state index is 0.201. The van der Waals surface area contributed by atoms with Crippen LogP contribution in [0.15, 0.2) is 29.4 Å². The number of aromatic nitrogens is 2. The lowest BCUT2D eigenvalue weighted by Gasteiger charge is -1.99. The highest BCUT2D eigenvalue weighted by atomic mass is 19.1. The monoisotopic (exact) mass is 278 g/mol. The third-order valence-corrected chi connectivity index (χ3v) is 2.66. The molecule has 0 bridgehead atoms.